The van der Waals surface area contributed by atoms with Gasteiger partial charge in [0.25, 0.3) is 0 Å². The fraction of sp³-hybridized carbons (Fsp3) is 0.524. The molecule has 0 bridgehead atoms. The second-order valence-corrected chi connectivity index (χ2v) is 8.12. The van der Waals surface area contributed by atoms with Crippen LogP contribution in [-0.2, 0) is 20.1 Å². The minimum absolute atomic E-state index is 0.0521. The minimum Gasteiger partial charge on any atom is -0.485 e. The molecule has 1 fully saturated rings. The summed E-state index contributed by atoms with van der Waals surface area (Å²) in [5.41, 5.74) is 2.68. The number of alkyl halides is 2. The van der Waals surface area contributed by atoms with Crippen molar-refractivity contribution in [3.05, 3.63) is 47.4 Å². The minimum atomic E-state index is -2.53. The molecule has 7 nitrogen and oxygen atoms in total. The molecule has 3 heterocycles. The van der Waals surface area contributed by atoms with E-state index in [4.69, 9.17) is 9.72 Å². The zero-order valence-corrected chi connectivity index (χ0v) is 17.5. The molecule has 0 spiro atoms. The summed E-state index contributed by atoms with van der Waals surface area (Å²) in [6.45, 7) is 4.13. The second-order valence-electron chi connectivity index (χ2n) is 8.12. The third kappa shape index (κ3) is 4.83. The number of nitrogens with zero attached hydrogens (tertiary/aromatic N) is 6. The summed E-state index contributed by atoms with van der Waals surface area (Å²) < 4.78 is 36.4. The van der Waals surface area contributed by atoms with E-state index < -0.39 is 5.92 Å². The van der Waals surface area contributed by atoms with Crippen LogP contribution in [0.2, 0.25) is 0 Å². The molecule has 160 valence electrons. The van der Waals surface area contributed by atoms with E-state index in [1.165, 1.54) is 0 Å². The molecule has 4 rings (SSSR count). The van der Waals surface area contributed by atoms with Gasteiger partial charge in [0.2, 0.25) is 5.92 Å². The molecule has 30 heavy (non-hydrogen) atoms. The first kappa shape index (κ1) is 20.4. The van der Waals surface area contributed by atoms with Crippen LogP contribution in [0, 0.1) is 19.8 Å². The Morgan fingerprint density at radius 1 is 1.13 bits per heavy atom. The number of aryl methyl sites for hydroxylation is 3. The van der Waals surface area contributed by atoms with Crippen molar-refractivity contribution >= 4 is 0 Å². The summed E-state index contributed by atoms with van der Waals surface area (Å²) in [5.74, 6) is -0.463. The Kier molecular flexibility index (Phi) is 5.53. The Bertz CT molecular complexity index is 1020. The zero-order chi connectivity index (χ0) is 21.3. The summed E-state index contributed by atoms with van der Waals surface area (Å²) in [6.07, 6.45) is 3.17. The van der Waals surface area contributed by atoms with E-state index in [9.17, 15) is 8.78 Å². The fourth-order valence-corrected chi connectivity index (χ4v) is 3.90. The highest BCUT2D eigenvalue weighted by Gasteiger charge is 2.35. The summed E-state index contributed by atoms with van der Waals surface area (Å²) in [5, 5.41) is 8.75. The largest absolute Gasteiger partial charge is 0.485 e. The molecule has 9 heteroatoms. The van der Waals surface area contributed by atoms with Crippen LogP contribution in [0.5, 0.6) is 5.75 Å². The van der Waals surface area contributed by atoms with Gasteiger partial charge in [-0.25, -0.2) is 23.4 Å². The van der Waals surface area contributed by atoms with E-state index in [0.29, 0.717) is 36.7 Å². The van der Waals surface area contributed by atoms with Gasteiger partial charge < -0.3 is 4.74 Å². The molecular weight excluding hydrogens is 390 g/mol. The predicted octanol–water partition coefficient (Wildman–Crippen LogP) is 3.96. The molecule has 0 amide bonds. The standard InChI is InChI=1S/C21H26F2N6O/c1-14-8-15(2)29(26-14)20-11-18(30-12-19-24-13-28(3)27-19)10-17(25-20)9-16-4-6-21(22,23)7-5-16/h8,10-11,13,16H,4-7,9,12H2,1-3H3. The van der Waals surface area contributed by atoms with Gasteiger partial charge >= 0.3 is 0 Å². The molecule has 1 aliphatic carbocycles. The summed E-state index contributed by atoms with van der Waals surface area (Å²) in [7, 11) is 1.80. The Hall–Kier alpha value is -2.84. The molecule has 0 aromatic carbocycles. The van der Waals surface area contributed by atoms with Crippen LogP contribution in [0.25, 0.3) is 5.82 Å². The molecule has 0 atom stereocenters. The number of halogens is 2. The van der Waals surface area contributed by atoms with Crippen molar-refractivity contribution in [3.8, 4) is 11.6 Å². The van der Waals surface area contributed by atoms with Crippen LogP contribution < -0.4 is 4.74 Å². The molecule has 1 saturated carbocycles. The van der Waals surface area contributed by atoms with E-state index in [0.717, 1.165) is 17.1 Å². The highest BCUT2D eigenvalue weighted by molar-refractivity contribution is 5.36. The molecule has 0 N–H and O–H groups in total. The maximum absolute atomic E-state index is 13.5. The van der Waals surface area contributed by atoms with Gasteiger partial charge in [0, 0.05) is 43.4 Å². The van der Waals surface area contributed by atoms with Crippen molar-refractivity contribution in [2.75, 3.05) is 0 Å². The van der Waals surface area contributed by atoms with Gasteiger partial charge in [0.05, 0.1) is 5.69 Å². The first-order valence-corrected chi connectivity index (χ1v) is 10.2. The van der Waals surface area contributed by atoms with Crippen molar-refractivity contribution in [2.45, 2.75) is 58.5 Å². The molecule has 3 aromatic rings. The fourth-order valence-electron chi connectivity index (χ4n) is 3.90. The van der Waals surface area contributed by atoms with Crippen molar-refractivity contribution in [3.63, 3.8) is 0 Å². The predicted molar refractivity (Wildman–Crippen MR) is 107 cm³/mol. The lowest BCUT2D eigenvalue weighted by molar-refractivity contribution is -0.0457. The summed E-state index contributed by atoms with van der Waals surface area (Å²) in [4.78, 5) is 8.95. The Morgan fingerprint density at radius 2 is 1.90 bits per heavy atom. The number of pyridine rings is 1. The first-order chi connectivity index (χ1) is 14.3. The van der Waals surface area contributed by atoms with Gasteiger partial charge in [-0.1, -0.05) is 0 Å². The van der Waals surface area contributed by atoms with Crippen molar-refractivity contribution in [1.29, 1.82) is 0 Å². The lowest BCUT2D eigenvalue weighted by Gasteiger charge is -2.28. The lowest BCUT2D eigenvalue weighted by atomic mass is 9.84. The van der Waals surface area contributed by atoms with Crippen LogP contribution in [0.15, 0.2) is 24.5 Å². The van der Waals surface area contributed by atoms with Crippen molar-refractivity contribution in [2.24, 2.45) is 13.0 Å². The SMILES string of the molecule is Cc1cc(C)n(-c2cc(OCc3ncn(C)n3)cc(CC3CCC(F)(F)CC3)n2)n1. The van der Waals surface area contributed by atoms with Crippen LogP contribution in [-0.4, -0.2) is 35.5 Å². The maximum Gasteiger partial charge on any atom is 0.248 e. The number of aromatic nitrogens is 6. The van der Waals surface area contributed by atoms with E-state index in [1.54, 1.807) is 22.7 Å². The van der Waals surface area contributed by atoms with E-state index >= 15 is 0 Å². The van der Waals surface area contributed by atoms with Gasteiger partial charge in [-0.2, -0.15) is 10.2 Å². The molecule has 0 unspecified atom stereocenters. The molecule has 3 aromatic heterocycles. The van der Waals surface area contributed by atoms with Crippen LogP contribution in [0.4, 0.5) is 8.78 Å². The van der Waals surface area contributed by atoms with Crippen LogP contribution in [0.3, 0.4) is 0 Å². The average Bonchev–Trinajstić information content (AvgIpc) is 3.26. The first-order valence-electron chi connectivity index (χ1n) is 10.2. The Labute approximate surface area is 174 Å². The molecular formula is C21H26F2N6O. The summed E-state index contributed by atoms with van der Waals surface area (Å²) in [6, 6.07) is 5.70. The monoisotopic (exact) mass is 416 g/mol. The van der Waals surface area contributed by atoms with Gasteiger partial charge in [-0.15, -0.1) is 0 Å². The molecule has 1 aliphatic rings. The van der Waals surface area contributed by atoms with E-state index in [-0.39, 0.29) is 25.4 Å². The Morgan fingerprint density at radius 3 is 2.53 bits per heavy atom. The molecule has 0 aliphatic heterocycles. The quantitative estimate of drug-likeness (QED) is 0.608. The number of ether oxygens (including phenoxy) is 1. The Balaban J connectivity index is 1.58. The third-order valence-electron chi connectivity index (χ3n) is 5.41. The summed E-state index contributed by atoms with van der Waals surface area (Å²) >= 11 is 0. The highest BCUT2D eigenvalue weighted by atomic mass is 19.3. The van der Waals surface area contributed by atoms with Gasteiger partial charge in [0.1, 0.15) is 18.7 Å². The maximum atomic E-state index is 13.5. The van der Waals surface area contributed by atoms with Crippen LogP contribution in [0.1, 0.15) is 48.6 Å². The normalized spacial score (nSPS) is 16.7. The number of hydrogen-bond donors (Lipinski definition) is 0. The second kappa shape index (κ2) is 8.12. The van der Waals surface area contributed by atoms with Crippen molar-refractivity contribution in [1.82, 2.24) is 29.5 Å². The van der Waals surface area contributed by atoms with Crippen LogP contribution >= 0.6 is 0 Å². The highest BCUT2D eigenvalue weighted by Crippen LogP contribution is 2.37. The number of hydrogen-bond acceptors (Lipinski definition) is 5. The molecule has 0 radical (unpaired) electrons. The van der Waals surface area contributed by atoms with E-state index in [1.807, 2.05) is 32.0 Å². The average molecular weight is 416 g/mol. The lowest BCUT2D eigenvalue weighted by Crippen LogP contribution is -2.25. The third-order valence-corrected chi connectivity index (χ3v) is 5.41. The smallest absolute Gasteiger partial charge is 0.248 e. The van der Waals surface area contributed by atoms with Gasteiger partial charge in [-0.3, -0.25) is 4.68 Å². The zero-order valence-electron chi connectivity index (χ0n) is 17.5. The van der Waals surface area contributed by atoms with Gasteiger partial charge in [-0.05, 0) is 45.1 Å². The topological polar surface area (TPSA) is 70.7 Å². The molecule has 0 saturated heterocycles. The van der Waals surface area contributed by atoms with Crippen molar-refractivity contribution < 1.29 is 13.5 Å². The number of rotatable bonds is 6. The van der Waals surface area contributed by atoms with E-state index in [2.05, 4.69) is 15.2 Å². The van der Waals surface area contributed by atoms with Gasteiger partial charge in [0.15, 0.2) is 11.6 Å².